The molecule has 1 aliphatic carbocycles. The number of hydrogen-bond acceptors (Lipinski definition) is 2. The number of carbonyl (C=O) groups is 1. The number of amides is 1. The minimum absolute atomic E-state index is 0.0875. The highest BCUT2D eigenvalue weighted by molar-refractivity contribution is 7.84. The van der Waals surface area contributed by atoms with Crippen LogP contribution in [0.15, 0.2) is 18.2 Å². The number of carbonyl (C=O) groups excluding carboxylic acids is 1. The summed E-state index contributed by atoms with van der Waals surface area (Å²) in [4.78, 5) is 11.6. The van der Waals surface area contributed by atoms with E-state index in [0.29, 0.717) is 11.7 Å². The predicted octanol–water partition coefficient (Wildman–Crippen LogP) is 2.08. The van der Waals surface area contributed by atoms with Crippen LogP contribution in [0.1, 0.15) is 29.5 Å². The highest BCUT2D eigenvalue weighted by Gasteiger charge is 2.21. The van der Waals surface area contributed by atoms with Crippen LogP contribution in [0, 0.1) is 19.8 Å². The van der Waals surface area contributed by atoms with Gasteiger partial charge in [0.25, 0.3) is 0 Å². The first-order valence-electron chi connectivity index (χ1n) is 6.72. The minimum atomic E-state index is -1.13. The average molecular weight is 279 g/mol. The SMILES string of the molecule is Cc1ccc(C)c(C[S@](=O)CC(=O)NCC2CC2)c1. The van der Waals surface area contributed by atoms with Gasteiger partial charge in [-0.15, -0.1) is 0 Å². The van der Waals surface area contributed by atoms with E-state index in [1.54, 1.807) is 0 Å². The van der Waals surface area contributed by atoms with E-state index in [1.807, 2.05) is 26.0 Å². The second-order valence-corrected chi connectivity index (χ2v) is 6.86. The van der Waals surface area contributed by atoms with Gasteiger partial charge in [-0.05, 0) is 43.7 Å². The standard InChI is InChI=1S/C15H21NO2S/c1-11-3-4-12(2)14(7-11)9-19(18)10-15(17)16-8-13-5-6-13/h3-4,7,13H,5-6,8-10H2,1-2H3,(H,16,17)/t19-/m0/s1. The summed E-state index contributed by atoms with van der Waals surface area (Å²) in [5.41, 5.74) is 3.38. The molecule has 1 amide bonds. The molecule has 19 heavy (non-hydrogen) atoms. The first-order chi connectivity index (χ1) is 9.04. The van der Waals surface area contributed by atoms with Gasteiger partial charge in [0, 0.05) is 23.1 Å². The number of nitrogens with one attached hydrogen (secondary N) is 1. The van der Waals surface area contributed by atoms with E-state index in [9.17, 15) is 9.00 Å². The van der Waals surface area contributed by atoms with Crippen molar-refractivity contribution in [1.29, 1.82) is 0 Å². The molecule has 3 nitrogen and oxygen atoms in total. The van der Waals surface area contributed by atoms with Crippen molar-refractivity contribution in [3.63, 3.8) is 0 Å². The van der Waals surface area contributed by atoms with Gasteiger partial charge in [0.15, 0.2) is 0 Å². The van der Waals surface area contributed by atoms with E-state index in [2.05, 4.69) is 11.4 Å². The first kappa shape index (κ1) is 14.3. The molecule has 1 aliphatic rings. The van der Waals surface area contributed by atoms with Crippen LogP contribution < -0.4 is 5.32 Å². The summed E-state index contributed by atoms with van der Waals surface area (Å²) in [7, 11) is -1.13. The van der Waals surface area contributed by atoms with Crippen LogP contribution in [0.2, 0.25) is 0 Å². The lowest BCUT2D eigenvalue weighted by atomic mass is 10.1. The number of hydrogen-bond donors (Lipinski definition) is 1. The van der Waals surface area contributed by atoms with Crippen LogP contribution in [-0.2, 0) is 21.3 Å². The average Bonchev–Trinajstić information content (AvgIpc) is 3.15. The molecule has 1 saturated carbocycles. The van der Waals surface area contributed by atoms with Gasteiger partial charge in [-0.1, -0.05) is 23.8 Å². The summed E-state index contributed by atoms with van der Waals surface area (Å²) >= 11 is 0. The summed E-state index contributed by atoms with van der Waals surface area (Å²) in [6, 6.07) is 6.13. The molecule has 0 aromatic heterocycles. The molecule has 1 N–H and O–H groups in total. The van der Waals surface area contributed by atoms with Gasteiger partial charge in [0.05, 0.1) is 0 Å². The maximum atomic E-state index is 12.0. The topological polar surface area (TPSA) is 46.2 Å². The second kappa shape index (κ2) is 6.33. The van der Waals surface area contributed by atoms with Gasteiger partial charge in [-0.2, -0.15) is 0 Å². The number of rotatable bonds is 6. The molecule has 1 fully saturated rings. The Labute approximate surface area is 117 Å². The Hall–Kier alpha value is -1.16. The van der Waals surface area contributed by atoms with E-state index in [1.165, 1.54) is 12.8 Å². The Balaban J connectivity index is 1.82. The van der Waals surface area contributed by atoms with Crippen LogP contribution in [0.25, 0.3) is 0 Å². The third-order valence-electron chi connectivity index (χ3n) is 3.40. The normalized spacial score (nSPS) is 16.1. The molecule has 104 valence electrons. The van der Waals surface area contributed by atoms with Crippen molar-refractivity contribution >= 4 is 16.7 Å². The van der Waals surface area contributed by atoms with E-state index < -0.39 is 10.8 Å². The first-order valence-corrected chi connectivity index (χ1v) is 8.21. The summed E-state index contributed by atoms with van der Waals surface area (Å²) < 4.78 is 12.0. The lowest BCUT2D eigenvalue weighted by Gasteiger charge is -2.08. The largest absolute Gasteiger partial charge is 0.355 e. The van der Waals surface area contributed by atoms with Crippen LogP contribution in [-0.4, -0.2) is 22.4 Å². The maximum Gasteiger partial charge on any atom is 0.232 e. The molecule has 1 aromatic rings. The number of aryl methyl sites for hydroxylation is 2. The third kappa shape index (κ3) is 4.78. The van der Waals surface area contributed by atoms with E-state index in [4.69, 9.17) is 0 Å². The van der Waals surface area contributed by atoms with Gasteiger partial charge in [0.1, 0.15) is 5.75 Å². The van der Waals surface area contributed by atoms with Crippen molar-refractivity contribution in [2.75, 3.05) is 12.3 Å². The fraction of sp³-hybridized carbons (Fsp3) is 0.533. The monoisotopic (exact) mass is 279 g/mol. The summed E-state index contributed by atoms with van der Waals surface area (Å²) in [6.07, 6.45) is 2.43. The van der Waals surface area contributed by atoms with Crippen molar-refractivity contribution in [1.82, 2.24) is 5.32 Å². The van der Waals surface area contributed by atoms with Crippen LogP contribution in [0.4, 0.5) is 0 Å². The Morgan fingerprint density at radius 1 is 1.37 bits per heavy atom. The summed E-state index contributed by atoms with van der Waals surface area (Å²) in [5, 5.41) is 2.86. The van der Waals surface area contributed by atoms with Crippen molar-refractivity contribution in [2.45, 2.75) is 32.4 Å². The molecule has 0 aliphatic heterocycles. The second-order valence-electron chi connectivity index (χ2n) is 5.41. The fourth-order valence-electron chi connectivity index (χ4n) is 1.96. The van der Waals surface area contributed by atoms with Gasteiger partial charge < -0.3 is 5.32 Å². The molecular weight excluding hydrogens is 258 g/mol. The van der Waals surface area contributed by atoms with Crippen molar-refractivity contribution in [3.05, 3.63) is 34.9 Å². The Morgan fingerprint density at radius 2 is 2.11 bits per heavy atom. The highest BCUT2D eigenvalue weighted by Crippen LogP contribution is 2.27. The molecule has 0 heterocycles. The Bertz CT molecular complexity index is 495. The molecule has 0 unspecified atom stereocenters. The Morgan fingerprint density at radius 3 is 2.79 bits per heavy atom. The molecule has 0 spiro atoms. The van der Waals surface area contributed by atoms with Crippen molar-refractivity contribution in [3.8, 4) is 0 Å². The van der Waals surface area contributed by atoms with Gasteiger partial charge in [0.2, 0.25) is 5.91 Å². The lowest BCUT2D eigenvalue weighted by molar-refractivity contribution is -0.118. The zero-order chi connectivity index (χ0) is 13.8. The smallest absolute Gasteiger partial charge is 0.232 e. The maximum absolute atomic E-state index is 12.0. The fourth-order valence-corrected chi connectivity index (χ4v) is 3.11. The molecule has 0 bridgehead atoms. The van der Waals surface area contributed by atoms with E-state index in [-0.39, 0.29) is 11.7 Å². The quantitative estimate of drug-likeness (QED) is 0.866. The molecular formula is C15H21NO2S. The molecule has 4 heteroatoms. The van der Waals surface area contributed by atoms with Gasteiger partial charge in [-0.3, -0.25) is 9.00 Å². The van der Waals surface area contributed by atoms with E-state index >= 15 is 0 Å². The van der Waals surface area contributed by atoms with Crippen molar-refractivity contribution in [2.24, 2.45) is 5.92 Å². The highest BCUT2D eigenvalue weighted by atomic mass is 32.2. The van der Waals surface area contributed by atoms with Crippen LogP contribution in [0.3, 0.4) is 0 Å². The lowest BCUT2D eigenvalue weighted by Crippen LogP contribution is -2.30. The molecule has 1 aromatic carbocycles. The molecule has 1 atom stereocenters. The summed E-state index contributed by atoms with van der Waals surface area (Å²) in [6.45, 7) is 4.78. The van der Waals surface area contributed by atoms with E-state index in [0.717, 1.165) is 23.2 Å². The zero-order valence-electron chi connectivity index (χ0n) is 11.6. The Kier molecular flexibility index (Phi) is 4.75. The van der Waals surface area contributed by atoms with Gasteiger partial charge >= 0.3 is 0 Å². The number of benzene rings is 1. The zero-order valence-corrected chi connectivity index (χ0v) is 12.4. The van der Waals surface area contributed by atoms with Gasteiger partial charge in [-0.25, -0.2) is 0 Å². The summed E-state index contributed by atoms with van der Waals surface area (Å²) in [5.74, 6) is 1.15. The molecule has 0 saturated heterocycles. The molecule has 0 radical (unpaired) electrons. The molecule has 2 rings (SSSR count). The van der Waals surface area contributed by atoms with Crippen molar-refractivity contribution < 1.29 is 9.00 Å². The van der Waals surface area contributed by atoms with Crippen LogP contribution in [0.5, 0.6) is 0 Å². The van der Waals surface area contributed by atoms with Crippen LogP contribution >= 0.6 is 0 Å². The third-order valence-corrected chi connectivity index (χ3v) is 4.62. The minimum Gasteiger partial charge on any atom is -0.355 e. The predicted molar refractivity (Wildman–Crippen MR) is 78.4 cm³/mol.